The third kappa shape index (κ3) is 4.25. The zero-order chi connectivity index (χ0) is 18.5. The van der Waals surface area contributed by atoms with Crippen molar-refractivity contribution in [1.82, 2.24) is 9.88 Å². The SMILES string of the molecule is O=C(C1CC=CC1)N1CCC2(CC1)OCC[C@H]2CCOCc1ccncc1. The van der Waals surface area contributed by atoms with Gasteiger partial charge in [-0.25, -0.2) is 0 Å². The van der Waals surface area contributed by atoms with Crippen molar-refractivity contribution < 1.29 is 14.3 Å². The highest BCUT2D eigenvalue weighted by atomic mass is 16.5. The number of allylic oxidation sites excluding steroid dienone is 2. The summed E-state index contributed by atoms with van der Waals surface area (Å²) in [5.41, 5.74) is 1.13. The van der Waals surface area contributed by atoms with Gasteiger partial charge >= 0.3 is 0 Å². The molecule has 1 amide bonds. The van der Waals surface area contributed by atoms with Crippen LogP contribution in [0, 0.1) is 11.8 Å². The van der Waals surface area contributed by atoms with Gasteiger partial charge in [0.15, 0.2) is 0 Å². The first kappa shape index (κ1) is 18.6. The van der Waals surface area contributed by atoms with E-state index in [0.717, 1.165) is 70.4 Å². The van der Waals surface area contributed by atoms with Crippen molar-refractivity contribution >= 4 is 5.91 Å². The van der Waals surface area contributed by atoms with Gasteiger partial charge in [-0.1, -0.05) is 12.2 Å². The molecule has 5 nitrogen and oxygen atoms in total. The predicted octanol–water partition coefficient (Wildman–Crippen LogP) is 3.35. The summed E-state index contributed by atoms with van der Waals surface area (Å²) in [6, 6.07) is 3.99. The molecule has 2 saturated heterocycles. The maximum atomic E-state index is 12.7. The van der Waals surface area contributed by atoms with E-state index in [-0.39, 0.29) is 11.5 Å². The molecule has 0 N–H and O–H groups in total. The first-order chi connectivity index (χ1) is 13.3. The van der Waals surface area contributed by atoms with E-state index in [0.29, 0.717) is 18.4 Å². The van der Waals surface area contributed by atoms with Gasteiger partial charge in [-0.2, -0.15) is 0 Å². The van der Waals surface area contributed by atoms with Crippen LogP contribution in [0.1, 0.15) is 44.1 Å². The molecule has 0 radical (unpaired) electrons. The van der Waals surface area contributed by atoms with E-state index in [1.165, 1.54) is 0 Å². The lowest BCUT2D eigenvalue weighted by Gasteiger charge is -2.43. The second-order valence-electron chi connectivity index (χ2n) is 8.06. The van der Waals surface area contributed by atoms with Crippen LogP contribution in [0.25, 0.3) is 0 Å². The van der Waals surface area contributed by atoms with E-state index in [9.17, 15) is 4.79 Å². The van der Waals surface area contributed by atoms with E-state index >= 15 is 0 Å². The number of aromatic nitrogens is 1. The number of hydrogen-bond acceptors (Lipinski definition) is 4. The quantitative estimate of drug-likeness (QED) is 0.569. The summed E-state index contributed by atoms with van der Waals surface area (Å²) in [6.07, 6.45) is 13.8. The van der Waals surface area contributed by atoms with Crippen LogP contribution in [0.3, 0.4) is 0 Å². The number of carbonyl (C=O) groups is 1. The minimum Gasteiger partial charge on any atom is -0.377 e. The molecule has 3 aliphatic rings. The standard InChI is InChI=1S/C22H30N2O3/c25-21(19-3-1-2-4-19)24-13-9-22(10-14-24)20(8-16-27-22)7-15-26-17-18-5-11-23-12-6-18/h1-2,5-6,11-12,19-20H,3-4,7-10,13-17H2/t20-/m1/s1. The lowest BCUT2D eigenvalue weighted by atomic mass is 9.78. The van der Waals surface area contributed by atoms with Crippen molar-refractivity contribution in [2.45, 2.75) is 50.7 Å². The van der Waals surface area contributed by atoms with Gasteiger partial charge in [0.25, 0.3) is 0 Å². The Balaban J connectivity index is 1.24. The summed E-state index contributed by atoms with van der Waals surface area (Å²) in [5.74, 6) is 1.06. The Bertz CT molecular complexity index is 645. The van der Waals surface area contributed by atoms with Gasteiger partial charge < -0.3 is 14.4 Å². The van der Waals surface area contributed by atoms with Gasteiger partial charge in [0.1, 0.15) is 0 Å². The number of likely N-dealkylation sites (tertiary alicyclic amines) is 1. The van der Waals surface area contributed by atoms with E-state index in [2.05, 4.69) is 22.0 Å². The lowest BCUT2D eigenvalue weighted by molar-refractivity contribution is -0.141. The monoisotopic (exact) mass is 370 g/mol. The Kier molecular flexibility index (Phi) is 5.89. The van der Waals surface area contributed by atoms with Crippen LogP contribution in [0.15, 0.2) is 36.7 Å². The van der Waals surface area contributed by atoms with Crippen LogP contribution in [0.2, 0.25) is 0 Å². The Labute approximate surface area is 161 Å². The Morgan fingerprint density at radius 3 is 2.70 bits per heavy atom. The number of amides is 1. The number of nitrogens with zero attached hydrogens (tertiary/aromatic N) is 2. The molecule has 1 aromatic rings. The van der Waals surface area contributed by atoms with E-state index in [1.807, 2.05) is 12.1 Å². The normalized spacial score (nSPS) is 24.7. The van der Waals surface area contributed by atoms with Crippen LogP contribution in [0.5, 0.6) is 0 Å². The minimum absolute atomic E-state index is 0.0370. The fourth-order valence-corrected chi connectivity index (χ4v) is 4.82. The van der Waals surface area contributed by atoms with Gasteiger partial charge in [-0.3, -0.25) is 9.78 Å². The van der Waals surface area contributed by atoms with Crippen molar-refractivity contribution in [3.63, 3.8) is 0 Å². The van der Waals surface area contributed by atoms with E-state index < -0.39 is 0 Å². The summed E-state index contributed by atoms with van der Waals surface area (Å²) >= 11 is 0. The summed E-state index contributed by atoms with van der Waals surface area (Å²) in [4.78, 5) is 18.8. The van der Waals surface area contributed by atoms with Crippen LogP contribution in [-0.2, 0) is 20.9 Å². The molecule has 0 unspecified atom stereocenters. The van der Waals surface area contributed by atoms with Crippen molar-refractivity contribution in [3.8, 4) is 0 Å². The van der Waals surface area contributed by atoms with Crippen LogP contribution in [0.4, 0.5) is 0 Å². The summed E-state index contributed by atoms with van der Waals surface area (Å²) in [7, 11) is 0. The zero-order valence-corrected chi connectivity index (χ0v) is 16.0. The average molecular weight is 370 g/mol. The molecule has 2 aliphatic heterocycles. The molecule has 27 heavy (non-hydrogen) atoms. The molecule has 1 atom stereocenters. The maximum absolute atomic E-state index is 12.7. The van der Waals surface area contributed by atoms with Gasteiger partial charge in [0, 0.05) is 44.6 Å². The largest absolute Gasteiger partial charge is 0.377 e. The molecule has 4 rings (SSSR count). The van der Waals surface area contributed by atoms with Crippen molar-refractivity contribution in [1.29, 1.82) is 0 Å². The van der Waals surface area contributed by atoms with Crippen molar-refractivity contribution in [2.24, 2.45) is 11.8 Å². The van der Waals surface area contributed by atoms with Crippen LogP contribution >= 0.6 is 0 Å². The number of hydrogen-bond donors (Lipinski definition) is 0. The molecule has 5 heteroatoms. The number of carbonyl (C=O) groups excluding carboxylic acids is 1. The van der Waals surface area contributed by atoms with Gasteiger partial charge in [-0.05, 0) is 62.1 Å². The number of ether oxygens (including phenoxy) is 2. The average Bonchev–Trinajstić information content (AvgIpc) is 3.37. The highest BCUT2D eigenvalue weighted by Crippen LogP contribution is 2.42. The van der Waals surface area contributed by atoms with Gasteiger partial charge in [-0.15, -0.1) is 0 Å². The van der Waals surface area contributed by atoms with E-state index in [1.54, 1.807) is 12.4 Å². The number of pyridine rings is 1. The topological polar surface area (TPSA) is 51.7 Å². The predicted molar refractivity (Wildman–Crippen MR) is 103 cm³/mol. The summed E-state index contributed by atoms with van der Waals surface area (Å²) < 4.78 is 12.1. The third-order valence-electron chi connectivity index (χ3n) is 6.51. The molecule has 2 fully saturated rings. The molecule has 0 saturated carbocycles. The lowest BCUT2D eigenvalue weighted by Crippen LogP contribution is -2.50. The molecular formula is C22H30N2O3. The third-order valence-corrected chi connectivity index (χ3v) is 6.51. The molecule has 1 aliphatic carbocycles. The molecule has 146 valence electrons. The zero-order valence-electron chi connectivity index (χ0n) is 16.0. The number of rotatable bonds is 6. The Hall–Kier alpha value is -1.72. The molecule has 0 aromatic carbocycles. The first-order valence-electron chi connectivity index (χ1n) is 10.3. The maximum Gasteiger partial charge on any atom is 0.226 e. The first-order valence-corrected chi connectivity index (χ1v) is 10.3. The molecule has 3 heterocycles. The van der Waals surface area contributed by atoms with Gasteiger partial charge in [0.05, 0.1) is 12.2 Å². The fraction of sp³-hybridized carbons (Fsp3) is 0.636. The minimum atomic E-state index is -0.0370. The molecular weight excluding hydrogens is 340 g/mol. The molecule has 1 spiro atoms. The highest BCUT2D eigenvalue weighted by molar-refractivity contribution is 5.79. The summed E-state index contributed by atoms with van der Waals surface area (Å²) in [5, 5.41) is 0. The Morgan fingerprint density at radius 1 is 1.22 bits per heavy atom. The highest BCUT2D eigenvalue weighted by Gasteiger charge is 2.46. The number of piperidine rings is 1. The molecule has 0 bridgehead atoms. The summed E-state index contributed by atoms with van der Waals surface area (Å²) in [6.45, 7) is 3.91. The second kappa shape index (κ2) is 8.53. The van der Waals surface area contributed by atoms with Crippen molar-refractivity contribution in [2.75, 3.05) is 26.3 Å². The van der Waals surface area contributed by atoms with Crippen LogP contribution < -0.4 is 0 Å². The molecule has 1 aromatic heterocycles. The van der Waals surface area contributed by atoms with Gasteiger partial charge in [0.2, 0.25) is 5.91 Å². The Morgan fingerprint density at radius 2 is 1.96 bits per heavy atom. The second-order valence-corrected chi connectivity index (χ2v) is 8.06. The van der Waals surface area contributed by atoms with Crippen LogP contribution in [-0.4, -0.2) is 47.7 Å². The van der Waals surface area contributed by atoms with Crippen molar-refractivity contribution in [3.05, 3.63) is 42.2 Å². The smallest absolute Gasteiger partial charge is 0.226 e. The fourth-order valence-electron chi connectivity index (χ4n) is 4.82. The van der Waals surface area contributed by atoms with E-state index in [4.69, 9.17) is 9.47 Å².